The number of aromatic nitrogens is 6. The Hall–Kier alpha value is -2.89. The molecular weight excluding hydrogens is 538 g/mol. The standard InChI is InChI=1S/C28H33ClF2N8O/c1-16-13-37(17(2)12-36(16)24(22-11-28(22,30)31)19-6-8-20(29)9-7-19)25-23-26(39-15-32-35-27(39)34-25)38(18(3)33-23)14-21-5-4-10-40-21/h6-9,15-17,21-22,24H,4-5,10-14H2,1-3H3/t16-,17+,21+,22+,24?/m1/s1. The Morgan fingerprint density at radius 1 is 1.12 bits per heavy atom. The summed E-state index contributed by atoms with van der Waals surface area (Å²) in [6.45, 7) is 8.96. The normalized spacial score (nSPS) is 27.6. The number of alkyl halides is 2. The summed E-state index contributed by atoms with van der Waals surface area (Å²) >= 11 is 6.13. The Morgan fingerprint density at radius 2 is 1.90 bits per heavy atom. The van der Waals surface area contributed by atoms with Crippen molar-refractivity contribution >= 4 is 34.4 Å². The van der Waals surface area contributed by atoms with E-state index in [9.17, 15) is 8.78 Å². The number of piperazine rings is 1. The van der Waals surface area contributed by atoms with Crippen molar-refractivity contribution in [1.82, 2.24) is 34.0 Å². The van der Waals surface area contributed by atoms with Crippen molar-refractivity contribution in [2.45, 2.75) is 76.7 Å². The number of fused-ring (bicyclic) bond motifs is 3. The Bertz CT molecular complexity index is 1550. The molecule has 1 aliphatic carbocycles. The lowest BCUT2D eigenvalue weighted by molar-refractivity contribution is 0.0393. The molecule has 5 atom stereocenters. The van der Waals surface area contributed by atoms with Crippen molar-refractivity contribution in [1.29, 1.82) is 0 Å². The molecule has 9 nitrogen and oxygen atoms in total. The molecule has 12 heteroatoms. The van der Waals surface area contributed by atoms with Gasteiger partial charge in [-0.25, -0.2) is 18.2 Å². The molecule has 3 fully saturated rings. The summed E-state index contributed by atoms with van der Waals surface area (Å²) in [4.78, 5) is 14.4. The molecule has 3 aliphatic rings. The van der Waals surface area contributed by atoms with Crippen LogP contribution < -0.4 is 4.90 Å². The zero-order valence-electron chi connectivity index (χ0n) is 22.8. The number of hydrogen-bond acceptors (Lipinski definition) is 7. The van der Waals surface area contributed by atoms with E-state index in [2.05, 4.69) is 38.4 Å². The Morgan fingerprint density at radius 3 is 2.60 bits per heavy atom. The minimum Gasteiger partial charge on any atom is -0.376 e. The highest BCUT2D eigenvalue weighted by Crippen LogP contribution is 2.57. The molecule has 212 valence electrons. The quantitative estimate of drug-likeness (QED) is 0.326. The zero-order valence-corrected chi connectivity index (χ0v) is 23.6. The number of rotatable bonds is 6. The average molecular weight is 571 g/mol. The Balaban J connectivity index is 1.25. The fourth-order valence-electron chi connectivity index (χ4n) is 6.69. The van der Waals surface area contributed by atoms with Crippen LogP contribution in [0.1, 0.15) is 50.5 Å². The van der Waals surface area contributed by atoms with Gasteiger partial charge >= 0.3 is 0 Å². The van der Waals surface area contributed by atoms with E-state index < -0.39 is 11.8 Å². The maximum atomic E-state index is 14.5. The number of halogens is 3. The van der Waals surface area contributed by atoms with Crippen molar-refractivity contribution in [2.24, 2.45) is 5.92 Å². The highest BCUT2D eigenvalue weighted by Gasteiger charge is 2.62. The third-order valence-electron chi connectivity index (χ3n) is 8.85. The third-order valence-corrected chi connectivity index (χ3v) is 9.10. The molecule has 1 aromatic carbocycles. The van der Waals surface area contributed by atoms with Gasteiger partial charge in [-0.2, -0.15) is 4.98 Å². The van der Waals surface area contributed by atoms with Gasteiger partial charge in [0.1, 0.15) is 17.7 Å². The highest BCUT2D eigenvalue weighted by molar-refractivity contribution is 6.30. The van der Waals surface area contributed by atoms with Crippen LogP contribution in [0.25, 0.3) is 16.9 Å². The first-order chi connectivity index (χ1) is 19.2. The molecule has 3 aromatic heterocycles. The van der Waals surface area contributed by atoms with Gasteiger partial charge in [0.05, 0.1) is 12.6 Å². The second-order valence-corrected chi connectivity index (χ2v) is 12.1. The molecule has 4 aromatic rings. The predicted octanol–water partition coefficient (Wildman–Crippen LogP) is 4.91. The van der Waals surface area contributed by atoms with Gasteiger partial charge in [0.2, 0.25) is 0 Å². The SMILES string of the molecule is Cc1nc2c(N3C[C@@H](C)N(C(c4ccc(Cl)cc4)[C@@H]4CC4(F)F)C[C@@H]3C)nc3nncn3c2n1C[C@@H]1CCCO1. The maximum Gasteiger partial charge on any atom is 0.258 e. The van der Waals surface area contributed by atoms with Crippen molar-refractivity contribution in [3.05, 3.63) is 47.0 Å². The van der Waals surface area contributed by atoms with Crippen LogP contribution >= 0.6 is 11.6 Å². The fraction of sp³-hybridized carbons (Fsp3) is 0.571. The average Bonchev–Trinajstić information content (AvgIpc) is 3.40. The first kappa shape index (κ1) is 26.0. The fourth-order valence-corrected chi connectivity index (χ4v) is 6.81. The molecule has 1 saturated carbocycles. The van der Waals surface area contributed by atoms with Gasteiger partial charge < -0.3 is 14.2 Å². The van der Waals surface area contributed by atoms with Gasteiger partial charge in [-0.3, -0.25) is 4.90 Å². The molecule has 40 heavy (non-hydrogen) atoms. The summed E-state index contributed by atoms with van der Waals surface area (Å²) in [6.07, 6.45) is 3.82. The minimum atomic E-state index is -2.65. The van der Waals surface area contributed by atoms with Crippen molar-refractivity contribution in [3.63, 3.8) is 0 Å². The van der Waals surface area contributed by atoms with Gasteiger partial charge in [-0.15, -0.1) is 10.2 Å². The lowest BCUT2D eigenvalue weighted by Crippen LogP contribution is -2.58. The summed E-state index contributed by atoms with van der Waals surface area (Å²) in [5, 5.41) is 9.03. The van der Waals surface area contributed by atoms with Gasteiger partial charge in [0.25, 0.3) is 11.7 Å². The monoisotopic (exact) mass is 570 g/mol. The van der Waals surface area contributed by atoms with E-state index in [1.165, 1.54) is 0 Å². The lowest BCUT2D eigenvalue weighted by atomic mass is 9.95. The van der Waals surface area contributed by atoms with E-state index in [-0.39, 0.29) is 30.7 Å². The van der Waals surface area contributed by atoms with Crippen LogP contribution in [0.2, 0.25) is 5.02 Å². The smallest absolute Gasteiger partial charge is 0.258 e. The molecule has 7 rings (SSSR count). The van der Waals surface area contributed by atoms with Crippen molar-refractivity contribution in [2.75, 3.05) is 24.6 Å². The summed E-state index contributed by atoms with van der Waals surface area (Å²) in [5.74, 6) is -1.21. The predicted molar refractivity (Wildman–Crippen MR) is 148 cm³/mol. The molecule has 0 radical (unpaired) electrons. The highest BCUT2D eigenvalue weighted by atomic mass is 35.5. The van der Waals surface area contributed by atoms with Gasteiger partial charge in [-0.05, 0) is 51.3 Å². The Labute approximate surface area is 236 Å². The van der Waals surface area contributed by atoms with Crippen LogP contribution in [0.5, 0.6) is 0 Å². The zero-order chi connectivity index (χ0) is 27.8. The number of ether oxygens (including phenoxy) is 1. The summed E-state index contributed by atoms with van der Waals surface area (Å²) in [6, 6.07) is 6.97. The van der Waals surface area contributed by atoms with Crippen LogP contribution in [0.4, 0.5) is 14.6 Å². The molecule has 1 unspecified atom stereocenters. The molecule has 0 amide bonds. The van der Waals surface area contributed by atoms with Gasteiger partial charge in [-0.1, -0.05) is 23.7 Å². The van der Waals surface area contributed by atoms with Crippen LogP contribution in [0.15, 0.2) is 30.6 Å². The number of imidazole rings is 1. The van der Waals surface area contributed by atoms with Crippen LogP contribution in [-0.4, -0.2) is 77.8 Å². The molecule has 0 spiro atoms. The van der Waals surface area contributed by atoms with Gasteiger partial charge in [0, 0.05) is 55.2 Å². The van der Waals surface area contributed by atoms with Crippen LogP contribution in [0, 0.1) is 12.8 Å². The van der Waals surface area contributed by atoms with Gasteiger partial charge in [0.15, 0.2) is 11.5 Å². The topological polar surface area (TPSA) is 76.6 Å². The van der Waals surface area contributed by atoms with E-state index in [4.69, 9.17) is 26.3 Å². The lowest BCUT2D eigenvalue weighted by Gasteiger charge is -2.48. The van der Waals surface area contributed by atoms with E-state index in [1.54, 1.807) is 18.5 Å². The number of aryl methyl sites for hydroxylation is 1. The van der Waals surface area contributed by atoms with Crippen molar-refractivity contribution < 1.29 is 13.5 Å². The van der Waals surface area contributed by atoms with Crippen molar-refractivity contribution in [3.8, 4) is 0 Å². The second-order valence-electron chi connectivity index (χ2n) is 11.6. The van der Waals surface area contributed by atoms with E-state index in [0.29, 0.717) is 30.4 Å². The van der Waals surface area contributed by atoms with Crippen LogP contribution in [0.3, 0.4) is 0 Å². The summed E-state index contributed by atoms with van der Waals surface area (Å²) < 4.78 is 39.0. The molecule has 2 aliphatic heterocycles. The molecule has 2 saturated heterocycles. The number of benzene rings is 1. The number of anilines is 1. The molecular formula is C28H33ClF2N8O. The Kier molecular flexibility index (Phi) is 6.25. The number of hydrogen-bond donors (Lipinski definition) is 0. The van der Waals surface area contributed by atoms with E-state index in [1.807, 2.05) is 23.5 Å². The first-order valence-electron chi connectivity index (χ1n) is 14.0. The number of nitrogens with zero attached hydrogens (tertiary/aromatic N) is 8. The molecule has 0 bridgehead atoms. The first-order valence-corrected chi connectivity index (χ1v) is 14.4. The minimum absolute atomic E-state index is 0.00284. The largest absolute Gasteiger partial charge is 0.376 e. The van der Waals surface area contributed by atoms with E-state index in [0.717, 1.165) is 47.8 Å². The maximum absolute atomic E-state index is 14.5. The second kappa shape index (κ2) is 9.60. The summed E-state index contributed by atoms with van der Waals surface area (Å²) in [7, 11) is 0. The van der Waals surface area contributed by atoms with Crippen LogP contribution in [-0.2, 0) is 11.3 Å². The third kappa shape index (κ3) is 4.33. The molecule has 5 heterocycles. The summed E-state index contributed by atoms with van der Waals surface area (Å²) in [5.41, 5.74) is 2.57. The molecule has 0 N–H and O–H groups in total. The van der Waals surface area contributed by atoms with E-state index >= 15 is 0 Å².